The molecule has 1 unspecified atom stereocenters. The Morgan fingerprint density at radius 3 is 2.55 bits per heavy atom. The molecule has 10 heteroatoms. The van der Waals surface area contributed by atoms with Crippen molar-refractivity contribution in [1.82, 2.24) is 0 Å². The van der Waals surface area contributed by atoms with Gasteiger partial charge < -0.3 is 15.8 Å². The molecule has 0 spiro atoms. The van der Waals surface area contributed by atoms with Gasteiger partial charge in [0.2, 0.25) is 5.91 Å². The van der Waals surface area contributed by atoms with Crippen molar-refractivity contribution in [1.29, 1.82) is 0 Å². The summed E-state index contributed by atoms with van der Waals surface area (Å²) in [5.74, 6) is -2.35. The summed E-state index contributed by atoms with van der Waals surface area (Å²) in [5.41, 5.74) is 6.24. The molecule has 2 aromatic carbocycles. The molecule has 150 valence electrons. The van der Waals surface area contributed by atoms with Crippen LogP contribution < -0.4 is 16.1 Å². The highest BCUT2D eigenvalue weighted by Gasteiger charge is 2.35. The molecule has 0 bridgehead atoms. The summed E-state index contributed by atoms with van der Waals surface area (Å²) in [7, 11) is 1.23. The molecule has 0 saturated heterocycles. The van der Waals surface area contributed by atoms with E-state index >= 15 is 0 Å². The number of rotatable bonds is 5. The van der Waals surface area contributed by atoms with Gasteiger partial charge in [-0.05, 0) is 42.5 Å². The molecule has 1 aliphatic heterocycles. The Kier molecular flexibility index (Phi) is 5.79. The number of ether oxygens (including phenoxy) is 1. The van der Waals surface area contributed by atoms with Crippen LogP contribution in [-0.4, -0.2) is 36.6 Å². The first-order valence-corrected chi connectivity index (χ1v) is 8.78. The lowest BCUT2D eigenvalue weighted by Gasteiger charge is -2.20. The van der Waals surface area contributed by atoms with Crippen molar-refractivity contribution in [3.05, 3.63) is 58.9 Å². The zero-order valence-corrected chi connectivity index (χ0v) is 15.9. The van der Waals surface area contributed by atoms with Crippen LogP contribution >= 0.6 is 11.6 Å². The van der Waals surface area contributed by atoms with E-state index in [4.69, 9.17) is 17.3 Å². The number of nitrogens with zero attached hydrogens (tertiary/aromatic N) is 2. The second kappa shape index (κ2) is 8.27. The molecule has 0 aliphatic carbocycles. The van der Waals surface area contributed by atoms with E-state index in [1.54, 1.807) is 0 Å². The Hall–Kier alpha value is -3.46. The number of nitrogens with two attached hydrogens (primary N) is 1. The summed E-state index contributed by atoms with van der Waals surface area (Å²) < 4.78 is 17.8. The van der Waals surface area contributed by atoms with Gasteiger partial charge in [-0.2, -0.15) is 5.10 Å². The Balaban J connectivity index is 1.85. The number of primary amides is 1. The van der Waals surface area contributed by atoms with Gasteiger partial charge in [-0.15, -0.1) is 0 Å². The Bertz CT molecular complexity index is 1010. The fourth-order valence-corrected chi connectivity index (χ4v) is 2.93. The topological polar surface area (TPSA) is 114 Å². The lowest BCUT2D eigenvalue weighted by Crippen LogP contribution is -2.39. The fourth-order valence-electron chi connectivity index (χ4n) is 2.76. The maximum absolute atomic E-state index is 13.2. The van der Waals surface area contributed by atoms with Gasteiger partial charge in [0, 0.05) is 6.42 Å². The van der Waals surface area contributed by atoms with Crippen molar-refractivity contribution in [2.45, 2.75) is 12.5 Å². The zero-order valence-electron chi connectivity index (χ0n) is 15.2. The zero-order chi connectivity index (χ0) is 21.1. The monoisotopic (exact) mass is 418 g/mol. The summed E-state index contributed by atoms with van der Waals surface area (Å²) in [5, 5.41) is 8.20. The van der Waals surface area contributed by atoms with Crippen LogP contribution in [-0.2, 0) is 14.3 Å². The standard InChI is InChI=1S/C19H16ClFN4O4/c1-29-19(28)10-2-7-13(20)14(8-10)23-18(27)15-9-16(17(22)26)25(24-15)12-5-3-11(21)4-6-12/h2-8,16H,9H2,1H3,(H2,22,26)(H,23,27). The number of hydrogen-bond acceptors (Lipinski definition) is 6. The molecule has 1 aliphatic rings. The smallest absolute Gasteiger partial charge is 0.337 e. The van der Waals surface area contributed by atoms with Gasteiger partial charge in [0.25, 0.3) is 5.91 Å². The molecule has 3 N–H and O–H groups in total. The highest BCUT2D eigenvalue weighted by atomic mass is 35.5. The van der Waals surface area contributed by atoms with Gasteiger partial charge in [-0.3, -0.25) is 14.6 Å². The van der Waals surface area contributed by atoms with E-state index < -0.39 is 29.6 Å². The molecule has 1 atom stereocenters. The molecule has 0 radical (unpaired) electrons. The lowest BCUT2D eigenvalue weighted by molar-refractivity contribution is -0.119. The number of carbonyl (C=O) groups excluding carboxylic acids is 3. The van der Waals surface area contributed by atoms with Gasteiger partial charge in [0.05, 0.1) is 29.1 Å². The first-order chi connectivity index (χ1) is 13.8. The number of amides is 2. The van der Waals surface area contributed by atoms with Crippen molar-refractivity contribution in [2.75, 3.05) is 17.4 Å². The van der Waals surface area contributed by atoms with Crippen molar-refractivity contribution in [3.8, 4) is 0 Å². The van der Waals surface area contributed by atoms with Crippen LogP contribution in [0.15, 0.2) is 47.6 Å². The summed E-state index contributed by atoms with van der Waals surface area (Å²) >= 11 is 6.09. The van der Waals surface area contributed by atoms with Crippen molar-refractivity contribution < 1.29 is 23.5 Å². The number of hydrazone groups is 1. The lowest BCUT2D eigenvalue weighted by atomic mass is 10.1. The van der Waals surface area contributed by atoms with Gasteiger partial charge in [0.1, 0.15) is 17.6 Å². The van der Waals surface area contributed by atoms with E-state index in [0.717, 1.165) is 0 Å². The predicted molar refractivity (Wildman–Crippen MR) is 105 cm³/mol. The van der Waals surface area contributed by atoms with Crippen molar-refractivity contribution in [2.24, 2.45) is 10.8 Å². The van der Waals surface area contributed by atoms with Crippen LogP contribution in [0.2, 0.25) is 5.02 Å². The third kappa shape index (κ3) is 4.35. The molecule has 8 nitrogen and oxygen atoms in total. The summed E-state index contributed by atoms with van der Waals surface area (Å²) in [6.07, 6.45) is -0.0488. The van der Waals surface area contributed by atoms with Gasteiger partial charge in [-0.25, -0.2) is 9.18 Å². The minimum Gasteiger partial charge on any atom is -0.465 e. The number of halogens is 2. The summed E-state index contributed by atoms with van der Waals surface area (Å²) in [4.78, 5) is 36.2. The van der Waals surface area contributed by atoms with Gasteiger partial charge in [0.15, 0.2) is 0 Å². The maximum Gasteiger partial charge on any atom is 0.337 e. The van der Waals surface area contributed by atoms with Crippen molar-refractivity contribution >= 4 is 46.5 Å². The molecule has 0 fully saturated rings. The van der Waals surface area contributed by atoms with E-state index in [9.17, 15) is 18.8 Å². The minimum absolute atomic E-state index is 0.0256. The molecular weight excluding hydrogens is 403 g/mol. The maximum atomic E-state index is 13.2. The van der Waals surface area contributed by atoms with Crippen LogP contribution in [0.25, 0.3) is 0 Å². The van der Waals surface area contributed by atoms with Crippen LogP contribution in [0, 0.1) is 5.82 Å². The highest BCUT2D eigenvalue weighted by Crippen LogP contribution is 2.27. The molecular formula is C19H16ClFN4O4. The Labute approximate surface area is 170 Å². The van der Waals surface area contributed by atoms with Crippen molar-refractivity contribution in [3.63, 3.8) is 0 Å². The van der Waals surface area contributed by atoms with E-state index in [0.29, 0.717) is 5.69 Å². The third-order valence-electron chi connectivity index (χ3n) is 4.23. The quantitative estimate of drug-likeness (QED) is 0.723. The van der Waals surface area contributed by atoms with E-state index in [2.05, 4.69) is 15.2 Å². The number of methoxy groups -OCH3 is 1. The number of benzene rings is 2. The molecule has 0 saturated carbocycles. The first-order valence-electron chi connectivity index (χ1n) is 8.41. The number of nitrogens with one attached hydrogen (secondary N) is 1. The number of esters is 1. The third-order valence-corrected chi connectivity index (χ3v) is 4.56. The number of carbonyl (C=O) groups is 3. The summed E-state index contributed by atoms with van der Waals surface area (Å²) in [6.45, 7) is 0. The SMILES string of the molecule is COC(=O)c1ccc(Cl)c(NC(=O)C2=NN(c3ccc(F)cc3)C(C(N)=O)C2)c1. The Morgan fingerprint density at radius 1 is 1.24 bits per heavy atom. The Morgan fingerprint density at radius 2 is 1.93 bits per heavy atom. The van der Waals surface area contributed by atoms with Crippen LogP contribution in [0.1, 0.15) is 16.8 Å². The van der Waals surface area contributed by atoms with Gasteiger partial charge in [-0.1, -0.05) is 11.6 Å². The van der Waals surface area contributed by atoms with E-state index in [1.807, 2.05) is 0 Å². The second-order valence-corrected chi connectivity index (χ2v) is 6.54. The molecule has 3 rings (SSSR count). The van der Waals surface area contributed by atoms with Gasteiger partial charge >= 0.3 is 5.97 Å². The molecule has 1 heterocycles. The molecule has 0 aromatic heterocycles. The predicted octanol–water partition coefficient (Wildman–Crippen LogP) is 2.32. The van der Waals surface area contributed by atoms with Crippen LogP contribution in [0.3, 0.4) is 0 Å². The normalized spacial score (nSPS) is 15.6. The number of hydrogen-bond donors (Lipinski definition) is 2. The summed E-state index contributed by atoms with van der Waals surface area (Å²) in [6, 6.07) is 8.62. The van der Waals surface area contributed by atoms with E-state index in [1.165, 1.54) is 54.6 Å². The number of anilines is 2. The fraction of sp³-hybridized carbons (Fsp3) is 0.158. The molecule has 29 heavy (non-hydrogen) atoms. The van der Waals surface area contributed by atoms with Crippen LogP contribution in [0.4, 0.5) is 15.8 Å². The minimum atomic E-state index is -0.905. The average Bonchev–Trinajstić information content (AvgIpc) is 3.15. The molecule has 2 aromatic rings. The largest absolute Gasteiger partial charge is 0.465 e. The highest BCUT2D eigenvalue weighted by molar-refractivity contribution is 6.45. The molecule has 2 amide bonds. The average molecular weight is 419 g/mol. The second-order valence-electron chi connectivity index (χ2n) is 6.13. The first kappa shape index (κ1) is 20.3. The van der Waals surface area contributed by atoms with E-state index in [-0.39, 0.29) is 28.4 Å². The van der Waals surface area contributed by atoms with Crippen LogP contribution in [0.5, 0.6) is 0 Å².